The van der Waals surface area contributed by atoms with E-state index in [1.807, 2.05) is 48.0 Å². The van der Waals surface area contributed by atoms with E-state index in [-0.39, 0.29) is 49.7 Å². The molecule has 0 unspecified atom stereocenters. The van der Waals surface area contributed by atoms with Crippen molar-refractivity contribution in [3.05, 3.63) is 58.8 Å². The number of fused-ring (bicyclic) bond motifs is 2. The van der Waals surface area contributed by atoms with Gasteiger partial charge in [-0.1, -0.05) is 43.3 Å². The second-order valence-electron chi connectivity index (χ2n) is 9.73. The summed E-state index contributed by atoms with van der Waals surface area (Å²) in [5.74, 6) is -0.218. The van der Waals surface area contributed by atoms with Crippen molar-refractivity contribution >= 4 is 53.3 Å². The molecule has 2 N–H and O–H groups in total. The van der Waals surface area contributed by atoms with Crippen LogP contribution in [0, 0.1) is 13.8 Å². The Morgan fingerprint density at radius 1 is 1.05 bits per heavy atom. The van der Waals surface area contributed by atoms with E-state index < -0.39 is 0 Å². The van der Waals surface area contributed by atoms with Crippen LogP contribution in [0.5, 0.6) is 0 Å². The Hall–Kier alpha value is -2.85. The first-order valence-electron chi connectivity index (χ1n) is 12.4. The van der Waals surface area contributed by atoms with Gasteiger partial charge in [-0.05, 0) is 42.7 Å². The Kier molecular flexibility index (Phi) is 11.4. The number of hydrogen-bond donors (Lipinski definition) is 2. The number of anilines is 1. The fourth-order valence-corrected chi connectivity index (χ4v) is 4.50. The van der Waals surface area contributed by atoms with E-state index in [1.54, 1.807) is 12.1 Å². The van der Waals surface area contributed by atoms with Crippen molar-refractivity contribution in [2.24, 2.45) is 0 Å². The van der Waals surface area contributed by atoms with Gasteiger partial charge >= 0.3 is 0 Å². The van der Waals surface area contributed by atoms with E-state index in [2.05, 4.69) is 41.8 Å². The second kappa shape index (κ2) is 13.8. The Balaban J connectivity index is 0.00000253. The molecule has 2 heterocycles. The minimum Gasteiger partial charge on any atom is -0.356 e. The molecule has 1 aliphatic rings. The fourth-order valence-electron chi connectivity index (χ4n) is 4.50. The van der Waals surface area contributed by atoms with Crippen molar-refractivity contribution in [1.82, 2.24) is 25.8 Å². The van der Waals surface area contributed by atoms with Gasteiger partial charge in [-0.15, -0.1) is 24.8 Å². The standard InChI is InChI=1S/C27H36N6O3.2ClH/c1-18(2)28-10-11-29-26(34)16-32(24-13-23-20(4)30-36-25(23)12-19(24)3)17-27(35)31(5)33-14-21-8-6-7-9-22(21)15-33;;/h6-9,12-13,18,28H,10-11,14-17H2,1-5H3,(H,29,34);2*1H. The van der Waals surface area contributed by atoms with Crippen LogP contribution in [0.25, 0.3) is 11.0 Å². The largest absolute Gasteiger partial charge is 0.356 e. The smallest absolute Gasteiger partial charge is 0.256 e. The van der Waals surface area contributed by atoms with E-state index in [1.165, 1.54) is 11.1 Å². The molecular formula is C27H38Cl2N6O3. The molecule has 38 heavy (non-hydrogen) atoms. The summed E-state index contributed by atoms with van der Waals surface area (Å²) in [6.07, 6.45) is 0. The summed E-state index contributed by atoms with van der Waals surface area (Å²) in [6.45, 7) is 10.7. The molecule has 1 aliphatic heterocycles. The molecule has 0 fully saturated rings. The molecule has 0 radical (unpaired) electrons. The second-order valence-corrected chi connectivity index (χ2v) is 9.73. The summed E-state index contributed by atoms with van der Waals surface area (Å²) in [5, 5.41) is 14.9. The highest BCUT2D eigenvalue weighted by Crippen LogP contribution is 2.29. The number of aromatic nitrogens is 1. The van der Waals surface area contributed by atoms with Crippen LogP contribution in [0.4, 0.5) is 5.69 Å². The van der Waals surface area contributed by atoms with E-state index in [0.29, 0.717) is 37.8 Å². The number of benzene rings is 2. The van der Waals surface area contributed by atoms with Crippen LogP contribution in [-0.2, 0) is 22.7 Å². The van der Waals surface area contributed by atoms with E-state index >= 15 is 0 Å². The zero-order valence-electron chi connectivity index (χ0n) is 22.6. The van der Waals surface area contributed by atoms with Crippen LogP contribution >= 0.6 is 24.8 Å². The first-order valence-corrected chi connectivity index (χ1v) is 12.4. The predicted molar refractivity (Wildman–Crippen MR) is 155 cm³/mol. The Labute approximate surface area is 236 Å². The third kappa shape index (κ3) is 7.38. The monoisotopic (exact) mass is 564 g/mol. The number of amides is 2. The molecule has 11 heteroatoms. The molecule has 1 aromatic heterocycles. The van der Waals surface area contributed by atoms with Crippen molar-refractivity contribution in [3.63, 3.8) is 0 Å². The molecule has 0 aliphatic carbocycles. The van der Waals surface area contributed by atoms with Gasteiger partial charge in [-0.2, -0.15) is 0 Å². The van der Waals surface area contributed by atoms with Gasteiger partial charge in [0.05, 0.1) is 18.8 Å². The maximum Gasteiger partial charge on any atom is 0.256 e. The molecule has 3 aromatic rings. The molecule has 208 valence electrons. The van der Waals surface area contributed by atoms with Crippen molar-refractivity contribution in [1.29, 1.82) is 0 Å². The molecule has 0 bridgehead atoms. The van der Waals surface area contributed by atoms with Crippen molar-refractivity contribution in [2.75, 3.05) is 38.1 Å². The number of hydrogen-bond acceptors (Lipinski definition) is 7. The molecule has 2 aromatic carbocycles. The van der Waals surface area contributed by atoms with E-state index in [0.717, 1.165) is 22.3 Å². The maximum atomic E-state index is 13.4. The van der Waals surface area contributed by atoms with Gasteiger partial charge < -0.3 is 20.1 Å². The Bertz CT molecular complexity index is 1220. The van der Waals surface area contributed by atoms with Gasteiger partial charge in [0.1, 0.15) is 0 Å². The van der Waals surface area contributed by atoms with Gasteiger partial charge in [0.25, 0.3) is 5.91 Å². The molecule has 2 amide bonds. The Morgan fingerprint density at radius 3 is 2.34 bits per heavy atom. The number of likely N-dealkylation sites (N-methyl/N-ethyl adjacent to an activating group) is 1. The van der Waals surface area contributed by atoms with Crippen LogP contribution in [0.15, 0.2) is 40.9 Å². The highest BCUT2D eigenvalue weighted by molar-refractivity contribution is 5.90. The lowest BCUT2D eigenvalue weighted by molar-refractivity contribution is -0.145. The third-order valence-electron chi connectivity index (χ3n) is 6.58. The van der Waals surface area contributed by atoms with Gasteiger partial charge in [0, 0.05) is 50.3 Å². The topological polar surface area (TPSA) is 93.9 Å². The molecule has 0 spiro atoms. The van der Waals surface area contributed by atoms with Crippen molar-refractivity contribution in [3.8, 4) is 0 Å². The van der Waals surface area contributed by atoms with Crippen molar-refractivity contribution in [2.45, 2.75) is 46.8 Å². The first-order chi connectivity index (χ1) is 17.2. The highest BCUT2D eigenvalue weighted by Gasteiger charge is 2.27. The lowest BCUT2D eigenvalue weighted by Crippen LogP contribution is -2.48. The number of carbonyl (C=O) groups excluding carboxylic acids is 2. The van der Waals surface area contributed by atoms with Gasteiger partial charge in [-0.3, -0.25) is 14.6 Å². The van der Waals surface area contributed by atoms with Crippen LogP contribution in [0.2, 0.25) is 0 Å². The predicted octanol–water partition coefficient (Wildman–Crippen LogP) is 3.60. The zero-order chi connectivity index (χ0) is 25.8. The van der Waals surface area contributed by atoms with Crippen LogP contribution in [-0.4, -0.2) is 66.3 Å². The molecule has 4 rings (SSSR count). The lowest BCUT2D eigenvalue weighted by atomic mass is 10.1. The van der Waals surface area contributed by atoms with Crippen LogP contribution in [0.3, 0.4) is 0 Å². The van der Waals surface area contributed by atoms with E-state index in [9.17, 15) is 9.59 Å². The van der Waals surface area contributed by atoms with Crippen LogP contribution < -0.4 is 15.5 Å². The number of aryl methyl sites for hydroxylation is 2. The normalized spacial score (nSPS) is 12.6. The summed E-state index contributed by atoms with van der Waals surface area (Å²) in [7, 11) is 1.80. The summed E-state index contributed by atoms with van der Waals surface area (Å²) < 4.78 is 5.41. The minimum atomic E-state index is -0.133. The molecule has 0 saturated heterocycles. The Morgan fingerprint density at radius 2 is 1.71 bits per heavy atom. The average Bonchev–Trinajstić information content (AvgIpc) is 3.43. The molecule has 9 nitrogen and oxygen atoms in total. The lowest BCUT2D eigenvalue weighted by Gasteiger charge is -2.32. The third-order valence-corrected chi connectivity index (χ3v) is 6.58. The summed E-state index contributed by atoms with van der Waals surface area (Å²) >= 11 is 0. The number of hydrazine groups is 1. The van der Waals surface area contributed by atoms with E-state index in [4.69, 9.17) is 4.52 Å². The van der Waals surface area contributed by atoms with Gasteiger partial charge in [0.2, 0.25) is 5.91 Å². The first kappa shape index (κ1) is 31.4. The SMILES string of the molecule is Cc1cc2onc(C)c2cc1N(CC(=O)NCCNC(C)C)CC(=O)N(C)N1Cc2ccccc2C1.Cl.Cl. The summed E-state index contributed by atoms with van der Waals surface area (Å²) in [5.41, 5.74) is 5.65. The van der Waals surface area contributed by atoms with Crippen molar-refractivity contribution < 1.29 is 14.1 Å². The fraction of sp³-hybridized carbons (Fsp3) is 0.444. The quantitative estimate of drug-likeness (QED) is 0.363. The highest BCUT2D eigenvalue weighted by atomic mass is 35.5. The average molecular weight is 566 g/mol. The number of nitrogens with one attached hydrogen (secondary N) is 2. The van der Waals surface area contributed by atoms with Crippen LogP contribution in [0.1, 0.15) is 36.2 Å². The summed E-state index contributed by atoms with van der Waals surface area (Å²) in [6, 6.07) is 12.5. The minimum absolute atomic E-state index is 0. The molecular weight excluding hydrogens is 527 g/mol. The molecule has 0 atom stereocenters. The zero-order valence-corrected chi connectivity index (χ0v) is 24.2. The number of rotatable bonds is 10. The maximum absolute atomic E-state index is 13.4. The van der Waals surface area contributed by atoms with Gasteiger partial charge in [-0.25, -0.2) is 5.01 Å². The molecule has 0 saturated carbocycles. The number of nitrogens with zero attached hydrogens (tertiary/aromatic N) is 4. The van der Waals surface area contributed by atoms with Gasteiger partial charge in [0.15, 0.2) is 5.58 Å². The summed E-state index contributed by atoms with van der Waals surface area (Å²) in [4.78, 5) is 28.2. The number of halogens is 2. The number of carbonyl (C=O) groups is 2.